The molecule has 0 radical (unpaired) electrons. The van der Waals surface area contributed by atoms with Gasteiger partial charge in [0, 0.05) is 18.7 Å². The smallest absolute Gasteiger partial charge is 0.265 e. The van der Waals surface area contributed by atoms with Gasteiger partial charge in [-0.15, -0.1) is 0 Å². The van der Waals surface area contributed by atoms with E-state index in [2.05, 4.69) is 0 Å². The summed E-state index contributed by atoms with van der Waals surface area (Å²) >= 11 is 0. The van der Waals surface area contributed by atoms with Gasteiger partial charge in [-0.3, -0.25) is 19.3 Å². The third-order valence-corrected chi connectivity index (χ3v) is 5.12. The zero-order valence-electron chi connectivity index (χ0n) is 14.8. The fourth-order valence-electron chi connectivity index (χ4n) is 3.51. The first-order valence-electron chi connectivity index (χ1n) is 8.81. The van der Waals surface area contributed by atoms with Crippen LogP contribution >= 0.6 is 0 Å². The van der Waals surface area contributed by atoms with E-state index in [1.807, 2.05) is 7.05 Å². The lowest BCUT2D eigenvalue weighted by Crippen LogP contribution is -2.48. The Bertz CT molecular complexity index is 695. The van der Waals surface area contributed by atoms with E-state index in [4.69, 9.17) is 4.74 Å². The minimum atomic E-state index is -0.265. The number of ketones is 1. The van der Waals surface area contributed by atoms with Gasteiger partial charge >= 0.3 is 0 Å². The average molecular weight is 344 g/mol. The molecule has 0 bridgehead atoms. The number of nitrogens with zero attached hydrogens (tertiary/aromatic N) is 2. The van der Waals surface area contributed by atoms with Crippen LogP contribution < -0.4 is 9.64 Å². The van der Waals surface area contributed by atoms with Gasteiger partial charge in [0.15, 0.2) is 12.4 Å². The van der Waals surface area contributed by atoms with Crippen LogP contribution in [0.3, 0.4) is 0 Å². The molecule has 1 fully saturated rings. The molecule has 3 rings (SSSR count). The van der Waals surface area contributed by atoms with E-state index >= 15 is 0 Å². The molecular weight excluding hydrogens is 320 g/mol. The highest BCUT2D eigenvalue weighted by Gasteiger charge is 2.30. The lowest BCUT2D eigenvalue weighted by atomic mass is 9.94. The van der Waals surface area contributed by atoms with Crippen molar-refractivity contribution in [3.8, 4) is 5.75 Å². The highest BCUT2D eigenvalue weighted by atomic mass is 16.5. The summed E-state index contributed by atoms with van der Waals surface area (Å²) in [4.78, 5) is 39.9. The zero-order chi connectivity index (χ0) is 18.0. The Morgan fingerprint density at radius 3 is 2.64 bits per heavy atom. The van der Waals surface area contributed by atoms with Crippen molar-refractivity contribution in [1.82, 2.24) is 4.90 Å². The maximum Gasteiger partial charge on any atom is 0.265 e. The van der Waals surface area contributed by atoms with E-state index in [9.17, 15) is 14.4 Å². The molecule has 1 aromatic carbocycles. The van der Waals surface area contributed by atoms with Gasteiger partial charge in [0.05, 0.1) is 5.69 Å². The minimum absolute atomic E-state index is 0.0243. The molecule has 1 aromatic rings. The number of carbonyl (C=O) groups excluding carboxylic acids is 3. The van der Waals surface area contributed by atoms with Gasteiger partial charge in [-0.1, -0.05) is 19.3 Å². The van der Waals surface area contributed by atoms with Crippen molar-refractivity contribution in [2.24, 2.45) is 0 Å². The number of anilines is 1. The monoisotopic (exact) mass is 344 g/mol. The molecule has 25 heavy (non-hydrogen) atoms. The normalized spacial score (nSPS) is 17.7. The number of amides is 2. The number of hydrogen-bond acceptors (Lipinski definition) is 4. The van der Waals surface area contributed by atoms with E-state index in [1.54, 1.807) is 23.1 Å². The third kappa shape index (κ3) is 3.67. The molecule has 2 amide bonds. The van der Waals surface area contributed by atoms with Crippen molar-refractivity contribution in [3.05, 3.63) is 23.8 Å². The highest BCUT2D eigenvalue weighted by Crippen LogP contribution is 2.33. The molecule has 0 unspecified atom stereocenters. The number of benzene rings is 1. The molecule has 0 atom stereocenters. The highest BCUT2D eigenvalue weighted by molar-refractivity contribution is 6.04. The number of rotatable bonds is 4. The predicted molar refractivity (Wildman–Crippen MR) is 93.9 cm³/mol. The number of ether oxygens (including phenoxy) is 1. The Balaban J connectivity index is 1.79. The Morgan fingerprint density at radius 1 is 1.24 bits per heavy atom. The van der Waals surface area contributed by atoms with Gasteiger partial charge in [0.25, 0.3) is 5.91 Å². The summed E-state index contributed by atoms with van der Waals surface area (Å²) in [7, 11) is 1.82. The number of Topliss-reactive ketones (excluding diaryl/α,β-unsaturated/α-hetero) is 1. The fourth-order valence-corrected chi connectivity index (χ4v) is 3.51. The van der Waals surface area contributed by atoms with Crippen molar-refractivity contribution in [2.75, 3.05) is 25.1 Å². The first-order valence-corrected chi connectivity index (χ1v) is 8.81. The second kappa shape index (κ2) is 7.25. The molecule has 6 heteroatoms. The Morgan fingerprint density at radius 2 is 1.96 bits per heavy atom. The second-order valence-corrected chi connectivity index (χ2v) is 6.80. The van der Waals surface area contributed by atoms with Gasteiger partial charge in [-0.25, -0.2) is 0 Å². The van der Waals surface area contributed by atoms with Gasteiger partial charge in [-0.05, 0) is 38.0 Å². The summed E-state index contributed by atoms with van der Waals surface area (Å²) in [6.07, 6.45) is 5.55. The summed E-state index contributed by atoms with van der Waals surface area (Å²) < 4.78 is 5.43. The van der Waals surface area contributed by atoms with Crippen molar-refractivity contribution in [2.45, 2.75) is 45.1 Å². The van der Waals surface area contributed by atoms with Gasteiger partial charge in [0.2, 0.25) is 5.91 Å². The van der Waals surface area contributed by atoms with Crippen LogP contribution in [0, 0.1) is 0 Å². The van der Waals surface area contributed by atoms with Gasteiger partial charge < -0.3 is 9.64 Å². The van der Waals surface area contributed by atoms with Crippen molar-refractivity contribution in [3.63, 3.8) is 0 Å². The fraction of sp³-hybridized carbons (Fsp3) is 0.526. The van der Waals surface area contributed by atoms with E-state index in [0.29, 0.717) is 17.0 Å². The lowest BCUT2D eigenvalue weighted by Gasteiger charge is -2.34. The number of likely N-dealkylation sites (N-methyl/N-ethyl adjacent to an activating group) is 1. The first kappa shape index (κ1) is 17.5. The second-order valence-electron chi connectivity index (χ2n) is 6.80. The topological polar surface area (TPSA) is 66.9 Å². The van der Waals surface area contributed by atoms with E-state index in [-0.39, 0.29) is 36.8 Å². The van der Waals surface area contributed by atoms with Gasteiger partial charge in [-0.2, -0.15) is 0 Å². The summed E-state index contributed by atoms with van der Waals surface area (Å²) in [5.74, 6) is 0.0871. The molecule has 0 N–H and O–H groups in total. The van der Waals surface area contributed by atoms with Gasteiger partial charge in [0.1, 0.15) is 12.3 Å². The molecule has 1 aliphatic carbocycles. The number of fused-ring (bicyclic) bond motifs is 1. The molecule has 1 aliphatic heterocycles. The molecular formula is C19H24N2O4. The summed E-state index contributed by atoms with van der Waals surface area (Å²) in [5, 5.41) is 0. The van der Waals surface area contributed by atoms with Crippen LogP contribution in [0.15, 0.2) is 18.2 Å². The number of carbonyl (C=O) groups is 3. The standard InChI is InChI=1S/C19H24N2O4/c1-13(22)14-8-9-17-16(10-14)21(19(24)12-25-17)11-18(23)20(2)15-6-4-3-5-7-15/h8-10,15H,3-7,11-12H2,1-2H3. The molecule has 0 saturated heterocycles. The average Bonchev–Trinajstić information content (AvgIpc) is 2.63. The van der Waals surface area contributed by atoms with Crippen molar-refractivity contribution in [1.29, 1.82) is 0 Å². The summed E-state index contributed by atoms with van der Waals surface area (Å²) in [5.41, 5.74) is 0.990. The van der Waals surface area contributed by atoms with Crippen LogP contribution in [0.25, 0.3) is 0 Å². The van der Waals surface area contributed by atoms with Crippen LogP contribution in [-0.4, -0.2) is 48.7 Å². The van der Waals surface area contributed by atoms with Crippen LogP contribution in [-0.2, 0) is 9.59 Å². The lowest BCUT2D eigenvalue weighted by molar-refractivity contribution is -0.133. The van der Waals surface area contributed by atoms with E-state index in [0.717, 1.165) is 25.7 Å². The van der Waals surface area contributed by atoms with E-state index < -0.39 is 0 Å². The van der Waals surface area contributed by atoms with Crippen LogP contribution in [0.4, 0.5) is 5.69 Å². The minimum Gasteiger partial charge on any atom is -0.482 e. The molecule has 1 heterocycles. The molecule has 134 valence electrons. The third-order valence-electron chi connectivity index (χ3n) is 5.12. The first-order chi connectivity index (χ1) is 12.0. The Hall–Kier alpha value is -2.37. The van der Waals surface area contributed by atoms with Crippen LogP contribution in [0.1, 0.15) is 49.4 Å². The van der Waals surface area contributed by atoms with Crippen LogP contribution in [0.5, 0.6) is 5.75 Å². The molecule has 0 spiro atoms. The Labute approximate surface area is 147 Å². The van der Waals surface area contributed by atoms with Crippen molar-refractivity contribution >= 4 is 23.3 Å². The summed E-state index contributed by atoms with van der Waals surface area (Å²) in [6, 6.07) is 5.23. The SMILES string of the molecule is CC(=O)c1ccc2c(c1)N(CC(=O)N(C)C1CCCCC1)C(=O)CO2. The maximum atomic E-state index is 12.7. The molecule has 1 saturated carbocycles. The summed E-state index contributed by atoms with van der Waals surface area (Å²) in [6.45, 7) is 1.36. The molecule has 2 aliphatic rings. The van der Waals surface area contributed by atoms with Crippen LogP contribution in [0.2, 0.25) is 0 Å². The quantitative estimate of drug-likeness (QED) is 0.787. The molecule has 6 nitrogen and oxygen atoms in total. The largest absolute Gasteiger partial charge is 0.482 e. The Kier molecular flexibility index (Phi) is 5.06. The molecule has 0 aromatic heterocycles. The predicted octanol–water partition coefficient (Wildman–Crippen LogP) is 2.41. The zero-order valence-corrected chi connectivity index (χ0v) is 14.8. The number of hydrogen-bond donors (Lipinski definition) is 0. The van der Waals surface area contributed by atoms with E-state index in [1.165, 1.54) is 18.2 Å². The van der Waals surface area contributed by atoms with Crippen molar-refractivity contribution < 1.29 is 19.1 Å². The maximum absolute atomic E-state index is 12.7.